The summed E-state index contributed by atoms with van der Waals surface area (Å²) in [5.41, 5.74) is 1.49. The third-order valence-corrected chi connectivity index (χ3v) is 4.54. The number of methoxy groups -OCH3 is 2. The van der Waals surface area contributed by atoms with Crippen LogP contribution in [0.1, 0.15) is 18.4 Å². The number of nitrogens with zero attached hydrogens (tertiary/aromatic N) is 1. The van der Waals surface area contributed by atoms with E-state index in [1.54, 1.807) is 48.4 Å². The first-order chi connectivity index (χ1) is 12.5. The minimum Gasteiger partial charge on any atom is -0.504 e. The minimum absolute atomic E-state index is 0.0755. The summed E-state index contributed by atoms with van der Waals surface area (Å²) in [6.45, 7) is 0.428. The van der Waals surface area contributed by atoms with Crippen molar-refractivity contribution in [3.8, 4) is 17.2 Å². The highest BCUT2D eigenvalue weighted by atomic mass is 35.5. The van der Waals surface area contributed by atoms with Crippen LogP contribution in [-0.4, -0.2) is 36.3 Å². The molecule has 0 aliphatic heterocycles. The number of halogens is 1. The van der Waals surface area contributed by atoms with E-state index in [2.05, 4.69) is 5.32 Å². The average Bonchev–Trinajstić information content (AvgIpc) is 3.46. The average molecular weight is 377 g/mol. The number of benzene rings is 2. The monoisotopic (exact) mass is 376 g/mol. The lowest BCUT2D eigenvalue weighted by molar-refractivity contribution is 0.206. The lowest BCUT2D eigenvalue weighted by Crippen LogP contribution is -2.36. The van der Waals surface area contributed by atoms with Crippen molar-refractivity contribution in [2.75, 3.05) is 19.5 Å². The van der Waals surface area contributed by atoms with Crippen LogP contribution in [0.5, 0.6) is 17.2 Å². The fraction of sp³-hybridized carbons (Fsp3) is 0.316. The van der Waals surface area contributed by atoms with Crippen LogP contribution in [0.2, 0.25) is 5.02 Å². The molecule has 0 bridgehead atoms. The van der Waals surface area contributed by atoms with Crippen molar-refractivity contribution in [1.82, 2.24) is 4.90 Å². The van der Waals surface area contributed by atoms with E-state index in [0.717, 1.165) is 18.4 Å². The Hall–Kier alpha value is -2.60. The van der Waals surface area contributed by atoms with Crippen molar-refractivity contribution in [2.45, 2.75) is 25.4 Å². The molecule has 1 saturated carbocycles. The van der Waals surface area contributed by atoms with Gasteiger partial charge in [-0.15, -0.1) is 0 Å². The highest BCUT2D eigenvalue weighted by Crippen LogP contribution is 2.32. The number of phenols is 1. The van der Waals surface area contributed by atoms with Crippen LogP contribution >= 0.6 is 11.6 Å². The van der Waals surface area contributed by atoms with Gasteiger partial charge >= 0.3 is 6.03 Å². The van der Waals surface area contributed by atoms with Gasteiger partial charge in [-0.2, -0.15) is 0 Å². The quantitative estimate of drug-likeness (QED) is 0.790. The summed E-state index contributed by atoms with van der Waals surface area (Å²) in [6.07, 6.45) is 1.96. The number of aromatic hydroxyl groups is 1. The van der Waals surface area contributed by atoms with Crippen LogP contribution in [-0.2, 0) is 6.54 Å². The second kappa shape index (κ2) is 7.74. The van der Waals surface area contributed by atoms with Gasteiger partial charge in [0.1, 0.15) is 5.75 Å². The summed E-state index contributed by atoms with van der Waals surface area (Å²) in [6, 6.07) is 10.2. The molecule has 0 aromatic heterocycles. The van der Waals surface area contributed by atoms with Crippen LogP contribution in [0.25, 0.3) is 0 Å². The van der Waals surface area contributed by atoms with Gasteiger partial charge in [-0.05, 0) is 48.7 Å². The molecule has 1 fully saturated rings. The smallest absolute Gasteiger partial charge is 0.322 e. The first-order valence-electron chi connectivity index (χ1n) is 8.29. The second-order valence-corrected chi connectivity index (χ2v) is 6.55. The highest BCUT2D eigenvalue weighted by molar-refractivity contribution is 6.32. The molecule has 1 aliphatic rings. The molecule has 0 heterocycles. The molecule has 6 nitrogen and oxygen atoms in total. The number of amides is 2. The van der Waals surface area contributed by atoms with Crippen molar-refractivity contribution in [2.24, 2.45) is 0 Å². The Kier molecular flexibility index (Phi) is 5.42. The fourth-order valence-corrected chi connectivity index (χ4v) is 2.97. The molecule has 0 spiro atoms. The normalized spacial score (nSPS) is 13.2. The zero-order valence-electron chi connectivity index (χ0n) is 14.7. The van der Waals surface area contributed by atoms with E-state index in [4.69, 9.17) is 21.1 Å². The van der Waals surface area contributed by atoms with Gasteiger partial charge in [0.15, 0.2) is 11.5 Å². The van der Waals surface area contributed by atoms with Gasteiger partial charge in [0, 0.05) is 18.3 Å². The van der Waals surface area contributed by atoms with Crippen LogP contribution in [0.3, 0.4) is 0 Å². The number of ether oxygens (including phenoxy) is 2. The summed E-state index contributed by atoms with van der Waals surface area (Å²) in [7, 11) is 3.04. The van der Waals surface area contributed by atoms with E-state index >= 15 is 0 Å². The van der Waals surface area contributed by atoms with Crippen LogP contribution in [0.15, 0.2) is 36.4 Å². The summed E-state index contributed by atoms with van der Waals surface area (Å²) in [5.74, 6) is 1.02. The van der Waals surface area contributed by atoms with Gasteiger partial charge in [0.25, 0.3) is 0 Å². The molecule has 26 heavy (non-hydrogen) atoms. The molecule has 138 valence electrons. The van der Waals surface area contributed by atoms with E-state index in [9.17, 15) is 9.90 Å². The predicted molar refractivity (Wildman–Crippen MR) is 100 cm³/mol. The Bertz CT molecular complexity index is 808. The Balaban J connectivity index is 1.73. The Morgan fingerprint density at radius 3 is 2.54 bits per heavy atom. The van der Waals surface area contributed by atoms with E-state index in [1.807, 2.05) is 0 Å². The number of rotatable bonds is 6. The molecule has 0 radical (unpaired) electrons. The van der Waals surface area contributed by atoms with Crippen LogP contribution in [0, 0.1) is 0 Å². The number of anilines is 1. The van der Waals surface area contributed by atoms with Crippen molar-refractivity contribution in [1.29, 1.82) is 0 Å². The third-order valence-electron chi connectivity index (χ3n) is 4.25. The summed E-state index contributed by atoms with van der Waals surface area (Å²) >= 11 is 6.12. The Morgan fingerprint density at radius 1 is 1.19 bits per heavy atom. The number of urea groups is 1. The minimum atomic E-state index is -0.194. The van der Waals surface area contributed by atoms with E-state index in [0.29, 0.717) is 28.8 Å². The molecular weight excluding hydrogens is 356 g/mol. The standard InChI is InChI=1S/C19H21ClN2O4/c1-25-17-8-4-13(10-15(17)20)21-19(24)22(14-5-6-14)11-12-3-7-16(23)18(9-12)26-2/h3-4,7-10,14,23H,5-6,11H2,1-2H3,(H,21,24). The lowest BCUT2D eigenvalue weighted by atomic mass is 10.2. The molecule has 2 N–H and O–H groups in total. The maximum atomic E-state index is 12.7. The number of hydrogen-bond acceptors (Lipinski definition) is 4. The van der Waals surface area contributed by atoms with Crippen LogP contribution < -0.4 is 14.8 Å². The van der Waals surface area contributed by atoms with E-state index in [1.165, 1.54) is 7.11 Å². The van der Waals surface area contributed by atoms with Crippen LogP contribution in [0.4, 0.5) is 10.5 Å². The van der Waals surface area contributed by atoms with E-state index in [-0.39, 0.29) is 17.8 Å². The van der Waals surface area contributed by atoms with Gasteiger partial charge in [-0.1, -0.05) is 17.7 Å². The topological polar surface area (TPSA) is 71.0 Å². The second-order valence-electron chi connectivity index (χ2n) is 6.14. The SMILES string of the molecule is COc1cc(CN(C(=O)Nc2ccc(OC)c(Cl)c2)C2CC2)ccc1O. The first kappa shape index (κ1) is 18.2. The van der Waals surface area contributed by atoms with Gasteiger partial charge in [0.05, 0.1) is 19.2 Å². The van der Waals surface area contributed by atoms with Crippen molar-refractivity contribution < 1.29 is 19.4 Å². The molecule has 7 heteroatoms. The third kappa shape index (κ3) is 4.14. The molecule has 2 aromatic carbocycles. The number of phenolic OH excluding ortho intramolecular Hbond substituents is 1. The molecule has 2 amide bonds. The summed E-state index contributed by atoms with van der Waals surface area (Å²) < 4.78 is 10.3. The van der Waals surface area contributed by atoms with Crippen molar-refractivity contribution in [3.63, 3.8) is 0 Å². The zero-order valence-corrected chi connectivity index (χ0v) is 15.4. The zero-order chi connectivity index (χ0) is 18.7. The predicted octanol–water partition coefficient (Wildman–Crippen LogP) is 4.26. The summed E-state index contributed by atoms with van der Waals surface area (Å²) in [4.78, 5) is 14.5. The molecule has 0 atom stereocenters. The molecule has 1 aliphatic carbocycles. The molecular formula is C19H21ClN2O4. The molecule has 2 aromatic rings. The molecule has 0 saturated heterocycles. The van der Waals surface area contributed by atoms with Gasteiger partial charge < -0.3 is 24.8 Å². The first-order valence-corrected chi connectivity index (χ1v) is 8.66. The van der Waals surface area contributed by atoms with Gasteiger partial charge in [-0.3, -0.25) is 0 Å². The Labute approximate surface area is 157 Å². The lowest BCUT2D eigenvalue weighted by Gasteiger charge is -2.23. The maximum Gasteiger partial charge on any atom is 0.322 e. The number of carbonyl (C=O) groups is 1. The Morgan fingerprint density at radius 2 is 1.92 bits per heavy atom. The highest BCUT2D eigenvalue weighted by Gasteiger charge is 2.32. The molecule has 3 rings (SSSR count). The van der Waals surface area contributed by atoms with E-state index < -0.39 is 0 Å². The number of nitrogens with one attached hydrogen (secondary N) is 1. The largest absolute Gasteiger partial charge is 0.504 e. The van der Waals surface area contributed by atoms with Crippen molar-refractivity contribution in [3.05, 3.63) is 47.0 Å². The number of carbonyl (C=O) groups excluding carboxylic acids is 1. The number of hydrogen-bond donors (Lipinski definition) is 2. The molecule has 0 unspecified atom stereocenters. The van der Waals surface area contributed by atoms with Gasteiger partial charge in [0.2, 0.25) is 0 Å². The summed E-state index contributed by atoms with van der Waals surface area (Å²) in [5, 5.41) is 13.0. The maximum absolute atomic E-state index is 12.7. The van der Waals surface area contributed by atoms with Crippen molar-refractivity contribution >= 4 is 23.3 Å². The van der Waals surface area contributed by atoms with Gasteiger partial charge in [-0.25, -0.2) is 4.79 Å². The fourth-order valence-electron chi connectivity index (χ4n) is 2.71.